The van der Waals surface area contributed by atoms with Gasteiger partial charge in [-0.2, -0.15) is 0 Å². The minimum atomic E-state index is -1.03. The summed E-state index contributed by atoms with van der Waals surface area (Å²) >= 11 is 0. The lowest BCUT2D eigenvalue weighted by atomic mass is 9.88. The average Bonchev–Trinajstić information content (AvgIpc) is 2.50. The van der Waals surface area contributed by atoms with Crippen molar-refractivity contribution in [3.63, 3.8) is 0 Å². The Morgan fingerprint density at radius 3 is 2.54 bits per heavy atom. The van der Waals surface area contributed by atoms with E-state index in [-0.39, 0.29) is 5.41 Å². The number of hydrogen-bond donors (Lipinski definition) is 2. The normalized spacial score (nSPS) is 12.5. The number of methoxy groups -OCH3 is 1. The van der Waals surface area contributed by atoms with E-state index in [4.69, 9.17) is 9.47 Å². The molecule has 0 aliphatic carbocycles. The van der Waals surface area contributed by atoms with Crippen molar-refractivity contribution in [1.82, 2.24) is 5.32 Å². The minimum absolute atomic E-state index is 0.00747. The lowest BCUT2D eigenvalue weighted by Crippen LogP contribution is -2.41. The van der Waals surface area contributed by atoms with E-state index in [0.29, 0.717) is 37.4 Å². The van der Waals surface area contributed by atoms with Crippen LogP contribution in [0.2, 0.25) is 0 Å². The van der Waals surface area contributed by atoms with Gasteiger partial charge in [0, 0.05) is 12.7 Å². The van der Waals surface area contributed by atoms with Gasteiger partial charge in [0.15, 0.2) is 0 Å². The van der Waals surface area contributed by atoms with Crippen LogP contribution in [0.5, 0.6) is 5.75 Å². The van der Waals surface area contributed by atoms with Crippen LogP contribution in [0.15, 0.2) is 24.3 Å². The Morgan fingerprint density at radius 2 is 1.96 bits per heavy atom. The number of carboxylic acid groups (broad SMARTS) is 1. The van der Waals surface area contributed by atoms with Crippen LogP contribution in [0.3, 0.4) is 0 Å². The summed E-state index contributed by atoms with van der Waals surface area (Å²) in [5.74, 6) is -0.908. The van der Waals surface area contributed by atoms with Crippen molar-refractivity contribution in [3.05, 3.63) is 29.8 Å². The van der Waals surface area contributed by atoms with Gasteiger partial charge in [-0.05, 0) is 36.5 Å². The molecule has 134 valence electrons. The number of carbonyl (C=O) groups excluding carboxylic acids is 1. The molecule has 6 heteroatoms. The third kappa shape index (κ3) is 7.46. The van der Waals surface area contributed by atoms with Crippen molar-refractivity contribution < 1.29 is 24.2 Å². The number of aliphatic carboxylic acids is 1. The zero-order chi connectivity index (χ0) is 18.2. The van der Waals surface area contributed by atoms with Gasteiger partial charge in [-0.15, -0.1) is 0 Å². The van der Waals surface area contributed by atoms with Crippen LogP contribution < -0.4 is 10.1 Å². The van der Waals surface area contributed by atoms with Gasteiger partial charge in [-0.25, -0.2) is 4.79 Å². The number of carboxylic acids is 1. The molecule has 0 saturated carbocycles. The summed E-state index contributed by atoms with van der Waals surface area (Å²) in [5.41, 5.74) is 0.375. The van der Waals surface area contributed by atoms with E-state index in [1.54, 1.807) is 31.4 Å². The van der Waals surface area contributed by atoms with Gasteiger partial charge in [-0.1, -0.05) is 26.8 Å². The predicted octanol–water partition coefficient (Wildman–Crippen LogP) is 2.72. The topological polar surface area (TPSA) is 84.9 Å². The van der Waals surface area contributed by atoms with Crippen LogP contribution in [0.4, 0.5) is 0 Å². The lowest BCUT2D eigenvalue weighted by molar-refractivity contribution is -0.139. The summed E-state index contributed by atoms with van der Waals surface area (Å²) in [7, 11) is 1.58. The summed E-state index contributed by atoms with van der Waals surface area (Å²) < 4.78 is 10.4. The average molecular weight is 337 g/mol. The maximum absolute atomic E-state index is 12.3. The molecule has 1 amide bonds. The monoisotopic (exact) mass is 337 g/mol. The van der Waals surface area contributed by atoms with E-state index < -0.39 is 17.9 Å². The summed E-state index contributed by atoms with van der Waals surface area (Å²) in [6.07, 6.45) is 1.08. The van der Waals surface area contributed by atoms with E-state index in [1.807, 2.05) is 20.8 Å². The van der Waals surface area contributed by atoms with Crippen molar-refractivity contribution in [2.75, 3.05) is 20.3 Å². The molecule has 6 nitrogen and oxygen atoms in total. The molecule has 24 heavy (non-hydrogen) atoms. The van der Waals surface area contributed by atoms with Gasteiger partial charge in [-0.3, -0.25) is 4.79 Å². The van der Waals surface area contributed by atoms with Crippen LogP contribution in [0.1, 0.15) is 44.0 Å². The summed E-state index contributed by atoms with van der Waals surface area (Å²) in [5, 5.41) is 11.9. The molecule has 0 radical (unpaired) electrons. The number of rotatable bonds is 9. The van der Waals surface area contributed by atoms with Crippen molar-refractivity contribution in [3.8, 4) is 5.75 Å². The Morgan fingerprint density at radius 1 is 1.25 bits per heavy atom. The Hall–Kier alpha value is -2.08. The van der Waals surface area contributed by atoms with E-state index >= 15 is 0 Å². The molecule has 1 aromatic rings. The highest BCUT2D eigenvalue weighted by Crippen LogP contribution is 2.22. The molecule has 1 aromatic carbocycles. The molecule has 0 spiro atoms. The van der Waals surface area contributed by atoms with Gasteiger partial charge in [0.05, 0.1) is 6.61 Å². The van der Waals surface area contributed by atoms with Crippen LogP contribution in [-0.4, -0.2) is 43.3 Å². The fourth-order valence-corrected chi connectivity index (χ4v) is 2.05. The first-order chi connectivity index (χ1) is 11.2. The Balaban J connectivity index is 2.70. The smallest absolute Gasteiger partial charge is 0.326 e. The zero-order valence-electron chi connectivity index (χ0n) is 14.8. The standard InChI is InChI=1S/C18H27NO5/c1-18(2,3)9-8-15(17(21)22)19-16(20)13-6-5-7-14(12-13)24-11-10-23-4/h5-7,12,15H,8-11H2,1-4H3,(H,19,20)(H,21,22). The minimum Gasteiger partial charge on any atom is -0.491 e. The molecule has 0 aromatic heterocycles. The van der Waals surface area contributed by atoms with Gasteiger partial charge in [0.2, 0.25) is 0 Å². The first-order valence-corrected chi connectivity index (χ1v) is 7.98. The summed E-state index contributed by atoms with van der Waals surface area (Å²) in [6.45, 7) is 6.94. The molecule has 1 atom stereocenters. The fourth-order valence-electron chi connectivity index (χ4n) is 2.05. The highest BCUT2D eigenvalue weighted by molar-refractivity contribution is 5.96. The molecular formula is C18H27NO5. The molecule has 1 unspecified atom stereocenters. The maximum atomic E-state index is 12.3. The van der Waals surface area contributed by atoms with Gasteiger partial charge in [0.1, 0.15) is 18.4 Å². The van der Waals surface area contributed by atoms with Gasteiger partial charge in [0.25, 0.3) is 5.91 Å². The highest BCUT2D eigenvalue weighted by atomic mass is 16.5. The molecule has 1 rings (SSSR count). The van der Waals surface area contributed by atoms with Crippen LogP contribution >= 0.6 is 0 Å². The molecule has 0 saturated heterocycles. The van der Waals surface area contributed by atoms with Crippen molar-refractivity contribution in [2.45, 2.75) is 39.7 Å². The van der Waals surface area contributed by atoms with E-state index in [0.717, 1.165) is 0 Å². The molecule has 2 N–H and O–H groups in total. The second kappa shape index (κ2) is 9.27. The first-order valence-electron chi connectivity index (χ1n) is 7.98. The first kappa shape index (κ1) is 20.0. The van der Waals surface area contributed by atoms with Crippen LogP contribution in [0.25, 0.3) is 0 Å². The molecule has 0 heterocycles. The van der Waals surface area contributed by atoms with Gasteiger partial charge < -0.3 is 19.9 Å². The zero-order valence-corrected chi connectivity index (χ0v) is 14.8. The SMILES string of the molecule is COCCOc1cccc(C(=O)NC(CCC(C)(C)C)C(=O)O)c1. The van der Waals surface area contributed by atoms with E-state index in [2.05, 4.69) is 5.32 Å². The summed E-state index contributed by atoms with van der Waals surface area (Å²) in [4.78, 5) is 23.7. The molecular weight excluding hydrogens is 310 g/mol. The highest BCUT2D eigenvalue weighted by Gasteiger charge is 2.23. The summed E-state index contributed by atoms with van der Waals surface area (Å²) in [6, 6.07) is 5.74. The fraction of sp³-hybridized carbons (Fsp3) is 0.556. The van der Waals surface area contributed by atoms with Crippen LogP contribution in [0, 0.1) is 5.41 Å². The lowest BCUT2D eigenvalue weighted by Gasteiger charge is -2.21. The predicted molar refractivity (Wildman–Crippen MR) is 91.4 cm³/mol. The second-order valence-electron chi connectivity index (χ2n) is 6.83. The molecule has 0 aliphatic rings. The third-order valence-electron chi connectivity index (χ3n) is 3.44. The quantitative estimate of drug-likeness (QED) is 0.677. The molecule has 0 aliphatic heterocycles. The van der Waals surface area contributed by atoms with Crippen molar-refractivity contribution in [2.24, 2.45) is 5.41 Å². The third-order valence-corrected chi connectivity index (χ3v) is 3.44. The number of nitrogens with one attached hydrogen (secondary N) is 1. The number of hydrogen-bond acceptors (Lipinski definition) is 4. The maximum Gasteiger partial charge on any atom is 0.326 e. The Labute approximate surface area is 143 Å². The number of carbonyl (C=O) groups is 2. The van der Waals surface area contributed by atoms with E-state index in [1.165, 1.54) is 0 Å². The molecule has 0 bridgehead atoms. The second-order valence-corrected chi connectivity index (χ2v) is 6.83. The number of amides is 1. The van der Waals surface area contributed by atoms with E-state index in [9.17, 15) is 14.7 Å². The van der Waals surface area contributed by atoms with Gasteiger partial charge >= 0.3 is 5.97 Å². The van der Waals surface area contributed by atoms with Crippen LogP contribution in [-0.2, 0) is 9.53 Å². The Bertz CT molecular complexity index is 551. The largest absolute Gasteiger partial charge is 0.491 e. The number of benzene rings is 1. The molecule has 0 fully saturated rings. The number of ether oxygens (including phenoxy) is 2. The van der Waals surface area contributed by atoms with Crippen molar-refractivity contribution >= 4 is 11.9 Å². The Kier molecular flexibility index (Phi) is 7.71. The van der Waals surface area contributed by atoms with Crippen molar-refractivity contribution in [1.29, 1.82) is 0 Å².